The van der Waals surface area contributed by atoms with Crippen LogP contribution in [0.15, 0.2) is 53.1 Å². The number of benzene rings is 2. The number of halogens is 2. The van der Waals surface area contributed by atoms with Crippen LogP contribution in [0.25, 0.3) is 0 Å². The minimum Gasteiger partial charge on any atom is -0.496 e. The van der Waals surface area contributed by atoms with Crippen LogP contribution in [0.1, 0.15) is 11.5 Å². The molecule has 11 heteroatoms. The second-order valence-corrected chi connectivity index (χ2v) is 8.83. The zero-order chi connectivity index (χ0) is 24.8. The quantitative estimate of drug-likeness (QED) is 0.417. The average molecular weight is 520 g/mol. The largest absolute Gasteiger partial charge is 0.496 e. The molecule has 0 unspecified atom stereocenters. The summed E-state index contributed by atoms with van der Waals surface area (Å²) >= 11 is 12.8. The monoisotopic (exact) mass is 519 g/mol. The third-order valence-electron chi connectivity index (χ3n) is 5.01. The first kappa shape index (κ1) is 25.4. The number of nitrogens with one attached hydrogen (secondary N) is 2. The maximum atomic E-state index is 12.9. The van der Waals surface area contributed by atoms with Crippen molar-refractivity contribution in [2.24, 2.45) is 5.92 Å². The highest BCUT2D eigenvalue weighted by Crippen LogP contribution is 2.43. The van der Waals surface area contributed by atoms with Crippen molar-refractivity contribution in [2.75, 3.05) is 25.3 Å². The molecule has 0 radical (unpaired) electrons. The standard InChI is InChI=1S/C23H19Cl2N3O5S/c1-32-17-6-4-3-5-13(17)19-14(10-26)22(28-21(30)20(19)23(31)33-2)34-11-18(29)27-12-7-8-15(24)16(25)9-12/h3-9,19-20H,11H2,1-2H3,(H,27,29)(H,28,30)/t19-,20+/m0/s1. The zero-order valence-corrected chi connectivity index (χ0v) is 20.4. The van der Waals surface area contributed by atoms with Gasteiger partial charge in [-0.2, -0.15) is 5.26 Å². The van der Waals surface area contributed by atoms with Gasteiger partial charge in [0, 0.05) is 17.2 Å². The first-order valence-corrected chi connectivity index (χ1v) is 11.6. The molecule has 2 atom stereocenters. The summed E-state index contributed by atoms with van der Waals surface area (Å²) in [4.78, 5) is 37.9. The lowest BCUT2D eigenvalue weighted by atomic mass is 9.78. The van der Waals surface area contributed by atoms with Crippen LogP contribution in [0.4, 0.5) is 5.69 Å². The summed E-state index contributed by atoms with van der Waals surface area (Å²) in [6.07, 6.45) is 0. The number of nitriles is 1. The lowest BCUT2D eigenvalue weighted by Crippen LogP contribution is -2.44. The van der Waals surface area contributed by atoms with Crippen molar-refractivity contribution < 1.29 is 23.9 Å². The molecule has 0 spiro atoms. The van der Waals surface area contributed by atoms with E-state index in [4.69, 9.17) is 32.7 Å². The molecule has 176 valence electrons. The number of carbonyl (C=O) groups excluding carboxylic acids is 3. The molecule has 2 aromatic carbocycles. The smallest absolute Gasteiger partial charge is 0.319 e. The third-order valence-corrected chi connectivity index (χ3v) is 6.76. The molecular weight excluding hydrogens is 501 g/mol. The van der Waals surface area contributed by atoms with Crippen molar-refractivity contribution in [3.63, 3.8) is 0 Å². The number of ether oxygens (including phenoxy) is 2. The van der Waals surface area contributed by atoms with E-state index < -0.39 is 29.6 Å². The van der Waals surface area contributed by atoms with Crippen molar-refractivity contribution in [1.82, 2.24) is 5.32 Å². The van der Waals surface area contributed by atoms with Crippen LogP contribution in [0.2, 0.25) is 10.0 Å². The van der Waals surface area contributed by atoms with Crippen LogP contribution in [-0.2, 0) is 19.1 Å². The SMILES string of the molecule is COC(=O)[C@H]1C(=O)NC(SCC(=O)Nc2ccc(Cl)c(Cl)c2)=C(C#N)[C@@H]1c1ccccc1OC. The van der Waals surface area contributed by atoms with E-state index in [0.717, 1.165) is 11.8 Å². The van der Waals surface area contributed by atoms with Gasteiger partial charge in [0.05, 0.1) is 46.7 Å². The van der Waals surface area contributed by atoms with Crippen LogP contribution in [0.5, 0.6) is 5.75 Å². The summed E-state index contributed by atoms with van der Waals surface area (Å²) < 4.78 is 10.2. The average Bonchev–Trinajstić information content (AvgIpc) is 2.84. The number of hydrogen-bond acceptors (Lipinski definition) is 7. The fourth-order valence-corrected chi connectivity index (χ4v) is 4.63. The van der Waals surface area contributed by atoms with E-state index in [1.807, 2.05) is 0 Å². The number of methoxy groups -OCH3 is 2. The molecule has 34 heavy (non-hydrogen) atoms. The zero-order valence-electron chi connectivity index (χ0n) is 18.1. The van der Waals surface area contributed by atoms with E-state index in [1.165, 1.54) is 20.3 Å². The summed E-state index contributed by atoms with van der Waals surface area (Å²) in [5.74, 6) is -3.80. The molecule has 3 rings (SSSR count). The second kappa shape index (κ2) is 11.3. The molecule has 1 aliphatic heterocycles. The Hall–Kier alpha value is -3.19. The highest BCUT2D eigenvalue weighted by Gasteiger charge is 2.45. The summed E-state index contributed by atoms with van der Waals surface area (Å²) in [7, 11) is 2.62. The predicted octanol–water partition coefficient (Wildman–Crippen LogP) is 4.11. The van der Waals surface area contributed by atoms with Crippen LogP contribution in [-0.4, -0.2) is 37.8 Å². The van der Waals surface area contributed by atoms with Gasteiger partial charge in [-0.3, -0.25) is 14.4 Å². The number of rotatable bonds is 7. The Bertz CT molecular complexity index is 1210. The Balaban J connectivity index is 1.92. The minimum absolute atomic E-state index is 0.117. The van der Waals surface area contributed by atoms with Crippen molar-refractivity contribution in [1.29, 1.82) is 5.26 Å². The molecule has 1 aliphatic rings. The highest BCUT2D eigenvalue weighted by molar-refractivity contribution is 8.03. The number of esters is 1. The Kier molecular flexibility index (Phi) is 8.45. The number of para-hydroxylation sites is 1. The number of hydrogen-bond donors (Lipinski definition) is 2. The third kappa shape index (κ3) is 5.47. The molecule has 0 saturated carbocycles. The van der Waals surface area contributed by atoms with Gasteiger partial charge >= 0.3 is 5.97 Å². The molecule has 0 aliphatic carbocycles. The van der Waals surface area contributed by atoms with Crippen LogP contribution in [0.3, 0.4) is 0 Å². The van der Waals surface area contributed by atoms with E-state index in [-0.39, 0.29) is 21.4 Å². The highest BCUT2D eigenvalue weighted by atomic mass is 35.5. The number of amides is 2. The Morgan fingerprint density at radius 1 is 1.18 bits per heavy atom. The van der Waals surface area contributed by atoms with Gasteiger partial charge in [-0.1, -0.05) is 53.2 Å². The summed E-state index contributed by atoms with van der Waals surface area (Å²) in [5.41, 5.74) is 1.04. The van der Waals surface area contributed by atoms with Gasteiger partial charge in [-0.05, 0) is 24.3 Å². The number of carbonyl (C=O) groups is 3. The molecule has 1 heterocycles. The summed E-state index contributed by atoms with van der Waals surface area (Å²) in [5, 5.41) is 16.0. The van der Waals surface area contributed by atoms with E-state index in [2.05, 4.69) is 16.7 Å². The Morgan fingerprint density at radius 3 is 2.56 bits per heavy atom. The van der Waals surface area contributed by atoms with Crippen molar-refractivity contribution in [3.05, 3.63) is 68.7 Å². The molecular formula is C23H19Cl2N3O5S. The van der Waals surface area contributed by atoms with Gasteiger partial charge in [0.15, 0.2) is 0 Å². The first-order chi connectivity index (χ1) is 16.3. The van der Waals surface area contributed by atoms with Gasteiger partial charge in [0.25, 0.3) is 0 Å². The lowest BCUT2D eigenvalue weighted by molar-refractivity contribution is -0.150. The molecule has 0 saturated heterocycles. The number of nitrogens with zero attached hydrogens (tertiary/aromatic N) is 1. The molecule has 0 aromatic heterocycles. The lowest BCUT2D eigenvalue weighted by Gasteiger charge is -2.31. The van der Waals surface area contributed by atoms with Gasteiger partial charge < -0.3 is 20.1 Å². The predicted molar refractivity (Wildman–Crippen MR) is 130 cm³/mol. The Labute approximate surface area is 210 Å². The van der Waals surface area contributed by atoms with E-state index in [0.29, 0.717) is 22.0 Å². The summed E-state index contributed by atoms with van der Waals surface area (Å²) in [6.45, 7) is 0. The Morgan fingerprint density at radius 2 is 1.91 bits per heavy atom. The molecule has 0 fully saturated rings. The van der Waals surface area contributed by atoms with Crippen LogP contribution in [0, 0.1) is 17.2 Å². The van der Waals surface area contributed by atoms with Crippen molar-refractivity contribution >= 4 is 58.4 Å². The first-order valence-electron chi connectivity index (χ1n) is 9.84. The molecule has 2 aromatic rings. The van der Waals surface area contributed by atoms with Crippen molar-refractivity contribution in [2.45, 2.75) is 5.92 Å². The molecule has 8 nitrogen and oxygen atoms in total. The van der Waals surface area contributed by atoms with Gasteiger partial charge in [-0.25, -0.2) is 0 Å². The number of anilines is 1. The molecule has 2 N–H and O–H groups in total. The minimum atomic E-state index is -1.30. The fourth-order valence-electron chi connectivity index (χ4n) is 3.49. The topological polar surface area (TPSA) is 118 Å². The number of thioether (sulfide) groups is 1. The van der Waals surface area contributed by atoms with Gasteiger partial charge in [0.1, 0.15) is 11.7 Å². The summed E-state index contributed by atoms with van der Waals surface area (Å²) in [6, 6.07) is 13.5. The van der Waals surface area contributed by atoms with Gasteiger partial charge in [-0.15, -0.1) is 0 Å². The maximum absolute atomic E-state index is 12.9. The van der Waals surface area contributed by atoms with Crippen molar-refractivity contribution in [3.8, 4) is 11.8 Å². The number of allylic oxidation sites excluding steroid dienone is 1. The molecule has 0 bridgehead atoms. The van der Waals surface area contributed by atoms with E-state index in [1.54, 1.807) is 36.4 Å². The normalized spacial score (nSPS) is 17.4. The second-order valence-electron chi connectivity index (χ2n) is 7.03. The van der Waals surface area contributed by atoms with Crippen LogP contribution >= 0.6 is 35.0 Å². The van der Waals surface area contributed by atoms with E-state index in [9.17, 15) is 19.6 Å². The van der Waals surface area contributed by atoms with E-state index >= 15 is 0 Å². The van der Waals surface area contributed by atoms with Gasteiger partial charge in [0.2, 0.25) is 11.8 Å². The maximum Gasteiger partial charge on any atom is 0.319 e. The molecule has 2 amide bonds. The fraction of sp³-hybridized carbons (Fsp3) is 0.217. The van der Waals surface area contributed by atoms with Crippen LogP contribution < -0.4 is 15.4 Å².